The SMILES string of the molecule is COCC(C)(C(=O)OC)P(=O)(O)O. The van der Waals surface area contributed by atoms with E-state index in [0.29, 0.717) is 0 Å². The van der Waals surface area contributed by atoms with Crippen LogP contribution in [0.15, 0.2) is 0 Å². The molecule has 0 heterocycles. The zero-order chi connectivity index (χ0) is 10.7. The first-order valence-corrected chi connectivity index (χ1v) is 5.04. The molecule has 0 bridgehead atoms. The Morgan fingerprint density at radius 3 is 2.15 bits per heavy atom. The van der Waals surface area contributed by atoms with Crippen molar-refractivity contribution in [2.75, 3.05) is 20.8 Å². The molecular formula is C6H13O6P. The van der Waals surface area contributed by atoms with Crippen LogP contribution in [0.2, 0.25) is 0 Å². The second-order valence-corrected chi connectivity index (χ2v) is 4.82. The molecule has 0 aromatic heterocycles. The van der Waals surface area contributed by atoms with Crippen LogP contribution in [0, 0.1) is 0 Å². The molecule has 0 radical (unpaired) electrons. The summed E-state index contributed by atoms with van der Waals surface area (Å²) in [6, 6.07) is 0. The van der Waals surface area contributed by atoms with Gasteiger partial charge < -0.3 is 19.3 Å². The Bertz CT molecular complexity index is 233. The number of carbonyl (C=O) groups excluding carboxylic acids is 1. The molecule has 1 atom stereocenters. The van der Waals surface area contributed by atoms with Crippen LogP contribution in [0.3, 0.4) is 0 Å². The lowest BCUT2D eigenvalue weighted by molar-refractivity contribution is -0.145. The van der Waals surface area contributed by atoms with Gasteiger partial charge in [0.2, 0.25) is 0 Å². The Labute approximate surface area is 76.0 Å². The van der Waals surface area contributed by atoms with Crippen LogP contribution in [0.25, 0.3) is 0 Å². The normalized spacial score (nSPS) is 16.4. The molecule has 0 aliphatic rings. The highest BCUT2D eigenvalue weighted by Crippen LogP contribution is 2.50. The zero-order valence-electron chi connectivity index (χ0n) is 7.68. The summed E-state index contributed by atoms with van der Waals surface area (Å²) in [7, 11) is -2.27. The van der Waals surface area contributed by atoms with Crippen LogP contribution >= 0.6 is 7.60 Å². The van der Waals surface area contributed by atoms with Crippen molar-refractivity contribution in [2.45, 2.75) is 12.1 Å². The molecule has 78 valence electrons. The molecule has 6 nitrogen and oxygen atoms in total. The van der Waals surface area contributed by atoms with E-state index >= 15 is 0 Å². The molecule has 7 heteroatoms. The number of ether oxygens (including phenoxy) is 2. The van der Waals surface area contributed by atoms with Gasteiger partial charge in [0.05, 0.1) is 13.7 Å². The van der Waals surface area contributed by atoms with E-state index in [0.717, 1.165) is 14.0 Å². The molecule has 0 aliphatic heterocycles. The predicted octanol–water partition coefficient (Wildman–Crippen LogP) is -0.258. The molecular weight excluding hydrogens is 199 g/mol. The summed E-state index contributed by atoms with van der Waals surface area (Å²) in [5.41, 5.74) is 0. The summed E-state index contributed by atoms with van der Waals surface area (Å²) in [5, 5.41) is -1.92. The van der Waals surface area contributed by atoms with E-state index in [4.69, 9.17) is 9.79 Å². The molecule has 0 rings (SSSR count). The van der Waals surface area contributed by atoms with Gasteiger partial charge in [-0.3, -0.25) is 9.36 Å². The lowest BCUT2D eigenvalue weighted by Gasteiger charge is -2.26. The summed E-state index contributed by atoms with van der Waals surface area (Å²) < 4.78 is 19.8. The van der Waals surface area contributed by atoms with Crippen LogP contribution in [0.4, 0.5) is 0 Å². The third-order valence-corrected chi connectivity index (χ3v) is 3.29. The molecule has 1 unspecified atom stereocenters. The summed E-state index contributed by atoms with van der Waals surface area (Å²) >= 11 is 0. The fraction of sp³-hybridized carbons (Fsp3) is 0.833. The van der Waals surface area contributed by atoms with Gasteiger partial charge in [-0.05, 0) is 6.92 Å². The quantitative estimate of drug-likeness (QED) is 0.492. The fourth-order valence-electron chi connectivity index (χ4n) is 0.763. The maximum absolute atomic E-state index is 11.1. The van der Waals surface area contributed by atoms with E-state index in [1.807, 2.05) is 0 Å². The average Bonchev–Trinajstić information content (AvgIpc) is 2.01. The van der Waals surface area contributed by atoms with Gasteiger partial charge in [0.1, 0.15) is 0 Å². The molecule has 2 N–H and O–H groups in total. The summed E-state index contributed by atoms with van der Waals surface area (Å²) in [5.74, 6) is -0.984. The van der Waals surface area contributed by atoms with E-state index in [1.165, 1.54) is 7.11 Å². The Kier molecular flexibility index (Phi) is 4.06. The largest absolute Gasteiger partial charge is 0.468 e. The van der Waals surface area contributed by atoms with Gasteiger partial charge in [-0.1, -0.05) is 0 Å². The Balaban J connectivity index is 4.95. The van der Waals surface area contributed by atoms with Gasteiger partial charge in [-0.15, -0.1) is 0 Å². The Morgan fingerprint density at radius 2 is 1.92 bits per heavy atom. The van der Waals surface area contributed by atoms with Gasteiger partial charge >= 0.3 is 13.6 Å². The van der Waals surface area contributed by atoms with Crippen molar-refractivity contribution in [3.8, 4) is 0 Å². The van der Waals surface area contributed by atoms with Crippen molar-refractivity contribution in [2.24, 2.45) is 0 Å². The summed E-state index contributed by atoms with van der Waals surface area (Å²) in [4.78, 5) is 28.9. The molecule has 0 saturated heterocycles. The van der Waals surface area contributed by atoms with E-state index < -0.39 is 18.7 Å². The van der Waals surface area contributed by atoms with E-state index in [-0.39, 0.29) is 6.61 Å². The first-order chi connectivity index (χ1) is 5.79. The van der Waals surface area contributed by atoms with Crippen LogP contribution in [0.1, 0.15) is 6.92 Å². The monoisotopic (exact) mass is 212 g/mol. The van der Waals surface area contributed by atoms with Crippen LogP contribution < -0.4 is 0 Å². The third-order valence-electron chi connectivity index (χ3n) is 1.69. The van der Waals surface area contributed by atoms with Gasteiger partial charge in [-0.2, -0.15) is 0 Å². The first kappa shape index (κ1) is 12.6. The number of methoxy groups -OCH3 is 2. The summed E-state index contributed by atoms with van der Waals surface area (Å²) in [6.07, 6.45) is 0. The van der Waals surface area contributed by atoms with Gasteiger partial charge in [-0.25, -0.2) is 0 Å². The van der Waals surface area contributed by atoms with Crippen LogP contribution in [0.5, 0.6) is 0 Å². The van der Waals surface area contributed by atoms with Crippen molar-refractivity contribution in [3.63, 3.8) is 0 Å². The van der Waals surface area contributed by atoms with E-state index in [9.17, 15) is 9.36 Å². The summed E-state index contributed by atoms with van der Waals surface area (Å²) in [6.45, 7) is 0.715. The van der Waals surface area contributed by atoms with Crippen molar-refractivity contribution >= 4 is 13.6 Å². The lowest BCUT2D eigenvalue weighted by Crippen LogP contribution is -2.40. The molecule has 0 amide bonds. The van der Waals surface area contributed by atoms with E-state index in [1.54, 1.807) is 0 Å². The topological polar surface area (TPSA) is 93.1 Å². The maximum atomic E-state index is 11.1. The van der Waals surface area contributed by atoms with Gasteiger partial charge in [0.15, 0.2) is 5.16 Å². The predicted molar refractivity (Wildman–Crippen MR) is 44.3 cm³/mol. The smallest absolute Gasteiger partial charge is 0.344 e. The minimum Gasteiger partial charge on any atom is -0.468 e. The highest BCUT2D eigenvalue weighted by molar-refractivity contribution is 7.54. The van der Waals surface area contributed by atoms with Crippen LogP contribution in [-0.2, 0) is 18.8 Å². The van der Waals surface area contributed by atoms with E-state index in [2.05, 4.69) is 9.47 Å². The molecule has 0 fully saturated rings. The Morgan fingerprint density at radius 1 is 1.46 bits per heavy atom. The average molecular weight is 212 g/mol. The van der Waals surface area contributed by atoms with Crippen molar-refractivity contribution in [1.82, 2.24) is 0 Å². The van der Waals surface area contributed by atoms with Crippen molar-refractivity contribution < 1.29 is 28.6 Å². The zero-order valence-corrected chi connectivity index (χ0v) is 8.58. The van der Waals surface area contributed by atoms with Gasteiger partial charge in [0, 0.05) is 7.11 Å². The maximum Gasteiger partial charge on any atom is 0.344 e. The molecule has 0 aromatic carbocycles. The number of esters is 1. The lowest BCUT2D eigenvalue weighted by atomic mass is 10.2. The number of hydrogen-bond donors (Lipinski definition) is 2. The number of hydrogen-bond acceptors (Lipinski definition) is 4. The highest BCUT2D eigenvalue weighted by atomic mass is 31.2. The minimum atomic E-state index is -4.58. The van der Waals surface area contributed by atoms with Crippen LogP contribution in [-0.4, -0.2) is 41.7 Å². The molecule has 0 aromatic rings. The standard InChI is InChI=1S/C6H13O6P/c1-6(4-11-2,5(7)12-3)13(8,9)10/h4H2,1-3H3,(H2,8,9,10). The fourth-order valence-corrected chi connectivity index (χ4v) is 1.39. The molecule has 13 heavy (non-hydrogen) atoms. The number of carbonyl (C=O) groups is 1. The van der Waals surface area contributed by atoms with Crippen molar-refractivity contribution in [3.05, 3.63) is 0 Å². The third kappa shape index (κ3) is 2.51. The highest BCUT2D eigenvalue weighted by Gasteiger charge is 2.50. The minimum absolute atomic E-state index is 0.385. The number of rotatable bonds is 4. The molecule has 0 spiro atoms. The first-order valence-electron chi connectivity index (χ1n) is 3.42. The second-order valence-electron chi connectivity index (χ2n) is 2.74. The second kappa shape index (κ2) is 4.19. The molecule has 0 aliphatic carbocycles. The molecule has 0 saturated carbocycles. The van der Waals surface area contributed by atoms with Crippen molar-refractivity contribution in [1.29, 1.82) is 0 Å². The Hall–Kier alpha value is -0.420. The van der Waals surface area contributed by atoms with Gasteiger partial charge in [0.25, 0.3) is 0 Å².